The van der Waals surface area contributed by atoms with Crippen molar-refractivity contribution in [3.63, 3.8) is 0 Å². The van der Waals surface area contributed by atoms with Crippen molar-refractivity contribution in [2.24, 2.45) is 5.73 Å². The zero-order chi connectivity index (χ0) is 13.8. The fourth-order valence-corrected chi connectivity index (χ4v) is 2.50. The molecule has 1 atom stereocenters. The summed E-state index contributed by atoms with van der Waals surface area (Å²) in [6.07, 6.45) is 0. The Labute approximate surface area is 120 Å². The summed E-state index contributed by atoms with van der Waals surface area (Å²) in [6.45, 7) is 4.99. The minimum absolute atomic E-state index is 0.208. The van der Waals surface area contributed by atoms with E-state index in [9.17, 15) is 0 Å². The fraction of sp³-hybridized carbons (Fsp3) is 0.294. The molecule has 0 radical (unpaired) electrons. The van der Waals surface area contributed by atoms with Gasteiger partial charge >= 0.3 is 0 Å². The molecule has 2 rings (SSSR count). The van der Waals surface area contributed by atoms with Crippen LogP contribution in [0.1, 0.15) is 42.4 Å². The van der Waals surface area contributed by atoms with Gasteiger partial charge in [0.15, 0.2) is 0 Å². The molecule has 100 valence electrons. The number of rotatable bonds is 4. The topological polar surface area (TPSA) is 26.0 Å². The third-order valence-electron chi connectivity index (χ3n) is 3.49. The van der Waals surface area contributed by atoms with Gasteiger partial charge in [-0.1, -0.05) is 61.8 Å². The smallest absolute Gasteiger partial charge is 0.0408 e. The van der Waals surface area contributed by atoms with E-state index in [1.165, 1.54) is 16.7 Å². The molecule has 1 unspecified atom stereocenters. The van der Waals surface area contributed by atoms with Crippen LogP contribution < -0.4 is 5.73 Å². The van der Waals surface area contributed by atoms with Gasteiger partial charge in [-0.25, -0.2) is 0 Å². The largest absolute Gasteiger partial charge is 0.330 e. The highest BCUT2D eigenvalue weighted by Gasteiger charge is 2.13. The van der Waals surface area contributed by atoms with Crippen molar-refractivity contribution in [2.45, 2.75) is 25.7 Å². The quantitative estimate of drug-likeness (QED) is 0.869. The van der Waals surface area contributed by atoms with E-state index in [1.807, 2.05) is 18.2 Å². The second-order valence-corrected chi connectivity index (χ2v) is 5.60. The molecular formula is C17H20ClN. The van der Waals surface area contributed by atoms with Gasteiger partial charge < -0.3 is 5.73 Å². The van der Waals surface area contributed by atoms with E-state index in [0.717, 1.165) is 5.02 Å². The molecule has 0 aliphatic carbocycles. The SMILES string of the molecule is CC(C)c1ccc(C(CN)c2cccc(Cl)c2)cc1. The number of hydrogen-bond donors (Lipinski definition) is 1. The third kappa shape index (κ3) is 3.37. The maximum atomic E-state index is 6.06. The molecule has 0 saturated heterocycles. The van der Waals surface area contributed by atoms with E-state index in [-0.39, 0.29) is 5.92 Å². The summed E-state index contributed by atoms with van der Waals surface area (Å²) in [5.41, 5.74) is 9.71. The van der Waals surface area contributed by atoms with Gasteiger partial charge in [0.1, 0.15) is 0 Å². The predicted molar refractivity (Wildman–Crippen MR) is 82.9 cm³/mol. The van der Waals surface area contributed by atoms with Crippen molar-refractivity contribution in [1.29, 1.82) is 0 Å². The van der Waals surface area contributed by atoms with Crippen LogP contribution >= 0.6 is 11.6 Å². The molecule has 19 heavy (non-hydrogen) atoms. The Kier molecular flexibility index (Phi) is 4.62. The Bertz CT molecular complexity index is 531. The van der Waals surface area contributed by atoms with E-state index in [2.05, 4.69) is 44.2 Å². The summed E-state index contributed by atoms with van der Waals surface area (Å²) in [5.74, 6) is 0.761. The first-order chi connectivity index (χ1) is 9.11. The molecule has 0 amide bonds. The van der Waals surface area contributed by atoms with Gasteiger partial charge in [-0.2, -0.15) is 0 Å². The summed E-state index contributed by atoms with van der Waals surface area (Å²) in [5, 5.41) is 0.759. The molecule has 0 spiro atoms. The van der Waals surface area contributed by atoms with Gasteiger partial charge in [0.05, 0.1) is 0 Å². The van der Waals surface area contributed by atoms with Crippen LogP contribution in [0.4, 0.5) is 0 Å². The summed E-state index contributed by atoms with van der Waals surface area (Å²) < 4.78 is 0. The molecule has 0 heterocycles. The molecule has 2 heteroatoms. The van der Waals surface area contributed by atoms with Crippen molar-refractivity contribution in [3.8, 4) is 0 Å². The average molecular weight is 274 g/mol. The predicted octanol–water partition coefficient (Wildman–Crippen LogP) is 4.55. The maximum Gasteiger partial charge on any atom is 0.0408 e. The number of halogens is 1. The van der Waals surface area contributed by atoms with Gasteiger partial charge in [0, 0.05) is 17.5 Å². The Morgan fingerprint density at radius 2 is 1.58 bits per heavy atom. The monoisotopic (exact) mass is 273 g/mol. The van der Waals surface area contributed by atoms with E-state index < -0.39 is 0 Å². The minimum Gasteiger partial charge on any atom is -0.330 e. The molecule has 0 fully saturated rings. The number of hydrogen-bond acceptors (Lipinski definition) is 1. The molecular weight excluding hydrogens is 254 g/mol. The lowest BCUT2D eigenvalue weighted by atomic mass is 9.90. The van der Waals surface area contributed by atoms with Crippen LogP contribution in [-0.2, 0) is 0 Å². The van der Waals surface area contributed by atoms with Crippen molar-refractivity contribution >= 4 is 11.6 Å². The highest BCUT2D eigenvalue weighted by atomic mass is 35.5. The normalized spacial score (nSPS) is 12.7. The molecule has 0 bridgehead atoms. The van der Waals surface area contributed by atoms with E-state index >= 15 is 0 Å². The van der Waals surface area contributed by atoms with Gasteiger partial charge in [-0.3, -0.25) is 0 Å². The van der Waals surface area contributed by atoms with Crippen LogP contribution in [0, 0.1) is 0 Å². The Balaban J connectivity index is 2.31. The lowest BCUT2D eigenvalue weighted by Crippen LogP contribution is -2.13. The van der Waals surface area contributed by atoms with Crippen LogP contribution in [0.5, 0.6) is 0 Å². The van der Waals surface area contributed by atoms with E-state index in [0.29, 0.717) is 12.5 Å². The van der Waals surface area contributed by atoms with E-state index in [4.69, 9.17) is 17.3 Å². The van der Waals surface area contributed by atoms with Gasteiger partial charge in [0.25, 0.3) is 0 Å². The van der Waals surface area contributed by atoms with Crippen molar-refractivity contribution < 1.29 is 0 Å². The highest BCUT2D eigenvalue weighted by Crippen LogP contribution is 2.27. The minimum atomic E-state index is 0.208. The zero-order valence-corrected chi connectivity index (χ0v) is 12.2. The molecule has 0 saturated carbocycles. The Hall–Kier alpha value is -1.31. The maximum absolute atomic E-state index is 6.06. The second-order valence-electron chi connectivity index (χ2n) is 5.16. The molecule has 0 aliphatic rings. The number of benzene rings is 2. The first-order valence-electron chi connectivity index (χ1n) is 6.67. The van der Waals surface area contributed by atoms with Crippen LogP contribution in [0.2, 0.25) is 5.02 Å². The van der Waals surface area contributed by atoms with Crippen LogP contribution in [0.3, 0.4) is 0 Å². The van der Waals surface area contributed by atoms with Gasteiger partial charge in [-0.15, -0.1) is 0 Å². The first-order valence-corrected chi connectivity index (χ1v) is 7.05. The second kappa shape index (κ2) is 6.23. The molecule has 2 aromatic carbocycles. The van der Waals surface area contributed by atoms with E-state index in [1.54, 1.807) is 0 Å². The third-order valence-corrected chi connectivity index (χ3v) is 3.73. The Morgan fingerprint density at radius 3 is 2.11 bits per heavy atom. The fourth-order valence-electron chi connectivity index (χ4n) is 2.30. The molecule has 0 aromatic heterocycles. The summed E-state index contributed by atoms with van der Waals surface area (Å²) in [6, 6.07) is 16.7. The van der Waals surface area contributed by atoms with Crippen molar-refractivity contribution in [1.82, 2.24) is 0 Å². The zero-order valence-electron chi connectivity index (χ0n) is 11.4. The van der Waals surface area contributed by atoms with Crippen LogP contribution in [0.25, 0.3) is 0 Å². The molecule has 1 nitrogen and oxygen atoms in total. The molecule has 0 aliphatic heterocycles. The summed E-state index contributed by atoms with van der Waals surface area (Å²) in [4.78, 5) is 0. The summed E-state index contributed by atoms with van der Waals surface area (Å²) >= 11 is 6.06. The van der Waals surface area contributed by atoms with Gasteiger partial charge in [-0.05, 0) is 34.7 Å². The van der Waals surface area contributed by atoms with Crippen LogP contribution in [0.15, 0.2) is 48.5 Å². The Morgan fingerprint density at radius 1 is 0.947 bits per heavy atom. The lowest BCUT2D eigenvalue weighted by molar-refractivity contribution is 0.813. The molecule has 2 N–H and O–H groups in total. The number of nitrogens with two attached hydrogens (primary N) is 1. The van der Waals surface area contributed by atoms with Gasteiger partial charge in [0.2, 0.25) is 0 Å². The standard InChI is InChI=1S/C17H20ClN/c1-12(2)13-6-8-14(9-7-13)17(11-19)15-4-3-5-16(18)10-15/h3-10,12,17H,11,19H2,1-2H3. The lowest BCUT2D eigenvalue weighted by Gasteiger charge is -2.17. The van der Waals surface area contributed by atoms with Crippen molar-refractivity contribution in [3.05, 3.63) is 70.2 Å². The average Bonchev–Trinajstić information content (AvgIpc) is 2.40. The van der Waals surface area contributed by atoms with Crippen LogP contribution in [-0.4, -0.2) is 6.54 Å². The van der Waals surface area contributed by atoms with Crippen molar-refractivity contribution in [2.75, 3.05) is 6.54 Å². The molecule has 2 aromatic rings. The summed E-state index contributed by atoms with van der Waals surface area (Å²) in [7, 11) is 0. The highest BCUT2D eigenvalue weighted by molar-refractivity contribution is 6.30. The first kappa shape index (κ1) is 14.1.